The normalized spacial score (nSPS) is 16.6. The van der Waals surface area contributed by atoms with E-state index < -0.39 is 40.5 Å². The van der Waals surface area contributed by atoms with E-state index in [0.717, 1.165) is 52.9 Å². The van der Waals surface area contributed by atoms with Crippen LogP contribution in [0, 0.1) is 23.3 Å². The Hall–Kier alpha value is -1.95. The number of carboxylic acids is 1. The molecule has 0 saturated carbocycles. The van der Waals surface area contributed by atoms with Gasteiger partial charge < -0.3 is 29.8 Å². The molecule has 0 unspecified atom stereocenters. The van der Waals surface area contributed by atoms with Gasteiger partial charge in [-0.1, -0.05) is 0 Å². The zero-order chi connectivity index (χ0) is 19.5. The van der Waals surface area contributed by atoms with Crippen LogP contribution in [0.1, 0.15) is 10.4 Å². The Morgan fingerprint density at radius 2 is 0.962 bits per heavy atom. The SMILES string of the molecule is C1COCCO1.C1COCCO1.Nc1c(F)c(F)c(C(=O)O)c(F)c1F. The van der Waals surface area contributed by atoms with Gasteiger partial charge in [-0.3, -0.25) is 0 Å². The molecule has 1 aromatic carbocycles. The van der Waals surface area contributed by atoms with E-state index >= 15 is 0 Å². The van der Waals surface area contributed by atoms with Crippen molar-refractivity contribution < 1.29 is 46.4 Å². The molecule has 3 N–H and O–H groups in total. The predicted octanol–water partition coefficient (Wildman–Crippen LogP) is 1.59. The lowest BCUT2D eigenvalue weighted by Crippen LogP contribution is -2.16. The molecule has 2 saturated heterocycles. The minimum atomic E-state index is -2.11. The number of anilines is 1. The minimum absolute atomic E-state index is 0.778. The fourth-order valence-electron chi connectivity index (χ4n) is 1.72. The van der Waals surface area contributed by atoms with Crippen LogP contribution in [0.25, 0.3) is 0 Å². The minimum Gasteiger partial charge on any atom is -0.477 e. The molecule has 2 heterocycles. The number of carbonyl (C=O) groups is 1. The van der Waals surface area contributed by atoms with Crippen LogP contribution in [0.15, 0.2) is 0 Å². The van der Waals surface area contributed by atoms with Crippen molar-refractivity contribution in [2.24, 2.45) is 0 Å². The Kier molecular flexibility index (Phi) is 9.88. The first kappa shape index (κ1) is 22.1. The molecule has 1 aromatic rings. The van der Waals surface area contributed by atoms with Gasteiger partial charge in [0.05, 0.1) is 52.9 Å². The van der Waals surface area contributed by atoms with Crippen molar-refractivity contribution in [1.82, 2.24) is 0 Å². The van der Waals surface area contributed by atoms with Crippen molar-refractivity contribution in [2.45, 2.75) is 0 Å². The highest BCUT2D eigenvalue weighted by Gasteiger charge is 2.27. The Morgan fingerprint density at radius 3 is 1.15 bits per heavy atom. The summed E-state index contributed by atoms with van der Waals surface area (Å²) in [5, 5.41) is 8.23. The zero-order valence-electron chi connectivity index (χ0n) is 13.7. The summed E-state index contributed by atoms with van der Waals surface area (Å²) in [5.41, 5.74) is 1.55. The Balaban J connectivity index is 0.000000230. The van der Waals surface area contributed by atoms with Crippen LogP contribution in [0.4, 0.5) is 23.2 Å². The van der Waals surface area contributed by atoms with E-state index in [0.29, 0.717) is 0 Å². The molecule has 3 rings (SSSR count). The van der Waals surface area contributed by atoms with Gasteiger partial charge in [0, 0.05) is 0 Å². The predicted molar refractivity (Wildman–Crippen MR) is 80.9 cm³/mol. The summed E-state index contributed by atoms with van der Waals surface area (Å²) in [5.74, 6) is -9.98. The molecule has 2 aliphatic heterocycles. The number of aromatic carboxylic acids is 1. The van der Waals surface area contributed by atoms with Gasteiger partial charge in [0.2, 0.25) is 0 Å². The fourth-order valence-corrected chi connectivity index (χ4v) is 1.72. The van der Waals surface area contributed by atoms with Crippen molar-refractivity contribution in [3.05, 3.63) is 28.8 Å². The third-order valence-corrected chi connectivity index (χ3v) is 3.00. The third-order valence-electron chi connectivity index (χ3n) is 3.00. The summed E-state index contributed by atoms with van der Waals surface area (Å²) in [6, 6.07) is 0. The largest absolute Gasteiger partial charge is 0.477 e. The Bertz CT molecular complexity index is 530. The number of ether oxygens (including phenoxy) is 4. The molecule has 0 radical (unpaired) electrons. The van der Waals surface area contributed by atoms with Crippen molar-refractivity contribution >= 4 is 11.7 Å². The highest BCUT2D eigenvalue weighted by molar-refractivity contribution is 5.88. The smallest absolute Gasteiger partial charge is 0.341 e. The first-order chi connectivity index (χ1) is 12.4. The third kappa shape index (κ3) is 6.75. The maximum absolute atomic E-state index is 12.7. The van der Waals surface area contributed by atoms with Gasteiger partial charge in [0.1, 0.15) is 11.3 Å². The average Bonchev–Trinajstić information content (AvgIpc) is 2.68. The van der Waals surface area contributed by atoms with Gasteiger partial charge in [0.25, 0.3) is 0 Å². The second-order valence-corrected chi connectivity index (χ2v) is 4.80. The molecular formula is C15H19F4NO6. The van der Waals surface area contributed by atoms with Crippen LogP contribution >= 0.6 is 0 Å². The summed E-state index contributed by atoms with van der Waals surface area (Å²) >= 11 is 0. The Morgan fingerprint density at radius 1 is 0.692 bits per heavy atom. The molecule has 2 fully saturated rings. The first-order valence-corrected chi connectivity index (χ1v) is 7.53. The number of hydrogen-bond acceptors (Lipinski definition) is 6. The number of nitrogen functional groups attached to an aromatic ring is 1. The average molecular weight is 385 g/mol. The van der Waals surface area contributed by atoms with E-state index in [1.165, 1.54) is 0 Å². The van der Waals surface area contributed by atoms with E-state index in [4.69, 9.17) is 24.1 Å². The van der Waals surface area contributed by atoms with E-state index in [-0.39, 0.29) is 0 Å². The van der Waals surface area contributed by atoms with Gasteiger partial charge in [0.15, 0.2) is 23.3 Å². The number of hydrogen-bond donors (Lipinski definition) is 2. The lowest BCUT2D eigenvalue weighted by Gasteiger charge is -2.09. The second-order valence-electron chi connectivity index (χ2n) is 4.80. The van der Waals surface area contributed by atoms with Crippen LogP contribution in [-0.4, -0.2) is 63.9 Å². The molecule has 2 aliphatic rings. The van der Waals surface area contributed by atoms with Crippen LogP contribution in [0.5, 0.6) is 0 Å². The summed E-state index contributed by atoms with van der Waals surface area (Å²) in [4.78, 5) is 10.2. The lowest BCUT2D eigenvalue weighted by atomic mass is 10.1. The van der Waals surface area contributed by atoms with Gasteiger partial charge in [-0.15, -0.1) is 0 Å². The second kappa shape index (κ2) is 11.6. The van der Waals surface area contributed by atoms with E-state index in [1.54, 1.807) is 0 Å². The molecular weight excluding hydrogens is 366 g/mol. The first-order valence-electron chi connectivity index (χ1n) is 7.53. The van der Waals surface area contributed by atoms with E-state index in [1.807, 2.05) is 0 Å². The van der Waals surface area contributed by atoms with Crippen molar-refractivity contribution in [3.63, 3.8) is 0 Å². The number of carboxylic acid groups (broad SMARTS) is 1. The molecule has 0 spiro atoms. The highest BCUT2D eigenvalue weighted by Crippen LogP contribution is 2.25. The number of halogens is 4. The molecule has 148 valence electrons. The molecule has 0 bridgehead atoms. The molecule has 0 aromatic heterocycles. The summed E-state index contributed by atoms with van der Waals surface area (Å²) < 4.78 is 70.4. The maximum Gasteiger partial charge on any atom is 0.341 e. The number of nitrogens with two attached hydrogens (primary N) is 1. The highest BCUT2D eigenvalue weighted by atomic mass is 19.2. The molecule has 26 heavy (non-hydrogen) atoms. The quantitative estimate of drug-likeness (QED) is 0.430. The molecule has 11 heteroatoms. The zero-order valence-corrected chi connectivity index (χ0v) is 13.7. The van der Waals surface area contributed by atoms with Crippen LogP contribution in [-0.2, 0) is 18.9 Å². The van der Waals surface area contributed by atoms with E-state index in [9.17, 15) is 22.4 Å². The van der Waals surface area contributed by atoms with Crippen molar-refractivity contribution in [3.8, 4) is 0 Å². The maximum atomic E-state index is 12.7. The van der Waals surface area contributed by atoms with Crippen molar-refractivity contribution in [2.75, 3.05) is 58.6 Å². The number of rotatable bonds is 1. The van der Waals surface area contributed by atoms with Gasteiger partial charge in [-0.05, 0) is 0 Å². The molecule has 7 nitrogen and oxygen atoms in total. The van der Waals surface area contributed by atoms with Gasteiger partial charge in [-0.2, -0.15) is 0 Å². The molecule has 0 amide bonds. The molecule has 0 aliphatic carbocycles. The van der Waals surface area contributed by atoms with E-state index in [2.05, 4.69) is 5.73 Å². The number of benzene rings is 1. The van der Waals surface area contributed by atoms with Gasteiger partial charge >= 0.3 is 5.97 Å². The van der Waals surface area contributed by atoms with Crippen LogP contribution in [0.3, 0.4) is 0 Å². The lowest BCUT2D eigenvalue weighted by molar-refractivity contribution is -0.0334. The summed E-state index contributed by atoms with van der Waals surface area (Å²) in [7, 11) is 0. The Labute approximate surface area is 146 Å². The molecule has 0 atom stereocenters. The van der Waals surface area contributed by atoms with Gasteiger partial charge in [-0.25, -0.2) is 22.4 Å². The topological polar surface area (TPSA) is 100 Å². The summed E-state index contributed by atoms with van der Waals surface area (Å²) in [6.07, 6.45) is 0. The van der Waals surface area contributed by atoms with Crippen LogP contribution < -0.4 is 5.73 Å². The van der Waals surface area contributed by atoms with Crippen molar-refractivity contribution in [1.29, 1.82) is 0 Å². The summed E-state index contributed by atoms with van der Waals surface area (Å²) in [6.45, 7) is 6.22. The fraction of sp³-hybridized carbons (Fsp3) is 0.533. The standard InChI is InChI=1S/C7H3F4NO2.2C4H8O2/c8-2-1(7(13)14)3(9)5(11)6(12)4(2)10;2*1-2-6-4-3-5-1/h12H2,(H,13,14);2*1-4H2. The van der Waals surface area contributed by atoms with Crippen LogP contribution in [0.2, 0.25) is 0 Å². The monoisotopic (exact) mass is 385 g/mol.